The summed E-state index contributed by atoms with van der Waals surface area (Å²) >= 11 is 0. The van der Waals surface area contributed by atoms with Crippen molar-refractivity contribution in [2.45, 2.75) is 19.6 Å². The van der Waals surface area contributed by atoms with Gasteiger partial charge in [0, 0.05) is 32.7 Å². The molecule has 7 nitrogen and oxygen atoms in total. The Hall–Kier alpha value is -2.32. The number of hydrogen-bond donors (Lipinski definition) is 1. The monoisotopic (exact) mass is 444 g/mol. The van der Waals surface area contributed by atoms with Crippen molar-refractivity contribution in [3.8, 4) is 17.2 Å². The Morgan fingerprint density at radius 2 is 1.69 bits per heavy atom. The van der Waals surface area contributed by atoms with Crippen LogP contribution in [0.15, 0.2) is 48.5 Å². The summed E-state index contributed by atoms with van der Waals surface area (Å²) in [6, 6.07) is 15.7. The molecule has 1 N–H and O–H groups in total. The van der Waals surface area contributed by atoms with Crippen molar-refractivity contribution >= 4 is 0 Å². The van der Waals surface area contributed by atoms with Crippen LogP contribution in [0.1, 0.15) is 12.5 Å². The lowest BCUT2D eigenvalue weighted by Gasteiger charge is -2.26. The summed E-state index contributed by atoms with van der Waals surface area (Å²) in [5.41, 5.74) is 1.17. The van der Waals surface area contributed by atoms with Gasteiger partial charge in [-0.2, -0.15) is 0 Å². The Labute approximate surface area is 191 Å². The van der Waals surface area contributed by atoms with E-state index in [-0.39, 0.29) is 6.61 Å². The minimum absolute atomic E-state index is 0.213. The second-order valence-electron chi connectivity index (χ2n) is 7.99. The van der Waals surface area contributed by atoms with Crippen LogP contribution in [0.25, 0.3) is 0 Å². The molecule has 1 heterocycles. The Morgan fingerprint density at radius 3 is 2.38 bits per heavy atom. The largest absolute Gasteiger partial charge is 0.492 e. The number of para-hydroxylation sites is 2. The fourth-order valence-corrected chi connectivity index (χ4v) is 3.63. The van der Waals surface area contributed by atoms with Crippen molar-refractivity contribution in [2.24, 2.45) is 0 Å². The number of aliphatic hydroxyl groups excluding tert-OH is 1. The van der Waals surface area contributed by atoms with Crippen LogP contribution in [0.5, 0.6) is 17.2 Å². The zero-order valence-corrected chi connectivity index (χ0v) is 19.2. The lowest BCUT2D eigenvalue weighted by Crippen LogP contribution is -2.38. The summed E-state index contributed by atoms with van der Waals surface area (Å²) in [6.45, 7) is 9.14. The molecule has 0 bridgehead atoms. The van der Waals surface area contributed by atoms with E-state index in [0.717, 1.165) is 45.1 Å². The molecule has 1 aliphatic heterocycles. The zero-order valence-electron chi connectivity index (χ0n) is 19.2. The van der Waals surface area contributed by atoms with Gasteiger partial charge >= 0.3 is 0 Å². The third kappa shape index (κ3) is 8.31. The molecule has 0 spiro atoms. The number of nitrogens with zero attached hydrogens (tertiary/aromatic N) is 2. The van der Waals surface area contributed by atoms with Crippen LogP contribution in [0.3, 0.4) is 0 Å². The number of ether oxygens (including phenoxy) is 4. The van der Waals surface area contributed by atoms with Crippen LogP contribution >= 0.6 is 0 Å². The Balaban J connectivity index is 1.36. The summed E-state index contributed by atoms with van der Waals surface area (Å²) < 4.78 is 22.6. The third-order valence-electron chi connectivity index (χ3n) is 5.26. The van der Waals surface area contributed by atoms with Crippen LogP contribution in [0.4, 0.5) is 0 Å². The lowest BCUT2D eigenvalue weighted by molar-refractivity contribution is 0.0322. The van der Waals surface area contributed by atoms with E-state index < -0.39 is 6.10 Å². The fourth-order valence-electron chi connectivity index (χ4n) is 3.63. The predicted molar refractivity (Wildman–Crippen MR) is 125 cm³/mol. The topological polar surface area (TPSA) is 63.6 Å². The average molecular weight is 445 g/mol. The van der Waals surface area contributed by atoms with Crippen LogP contribution in [-0.4, -0.2) is 87.3 Å². The van der Waals surface area contributed by atoms with Crippen molar-refractivity contribution in [1.82, 2.24) is 9.80 Å². The predicted octanol–water partition coefficient (Wildman–Crippen LogP) is 2.67. The molecule has 1 aliphatic rings. The van der Waals surface area contributed by atoms with Gasteiger partial charge in [0.2, 0.25) is 0 Å². The molecule has 1 saturated heterocycles. The third-order valence-corrected chi connectivity index (χ3v) is 5.26. The highest BCUT2D eigenvalue weighted by molar-refractivity contribution is 5.39. The van der Waals surface area contributed by atoms with Gasteiger partial charge in [0.15, 0.2) is 11.5 Å². The van der Waals surface area contributed by atoms with Crippen LogP contribution < -0.4 is 14.2 Å². The average Bonchev–Trinajstić information content (AvgIpc) is 2.80. The highest BCUT2D eigenvalue weighted by Gasteiger charge is 2.12. The van der Waals surface area contributed by atoms with E-state index >= 15 is 0 Å². The Bertz CT molecular complexity index is 780. The highest BCUT2D eigenvalue weighted by atomic mass is 16.5. The first-order valence-electron chi connectivity index (χ1n) is 11.4. The van der Waals surface area contributed by atoms with E-state index in [2.05, 4.69) is 21.9 Å². The molecule has 1 atom stereocenters. The van der Waals surface area contributed by atoms with Crippen molar-refractivity contribution in [1.29, 1.82) is 0 Å². The molecule has 176 valence electrons. The standard InChI is InChI=1S/C25H36N2O5/c1-3-30-24-6-4-5-7-25(24)32-20-22(28)19-26(2)18-21-8-10-23(11-9-21)31-17-14-27-12-15-29-16-13-27/h4-11,22,28H,3,12-20H2,1-2H3. The zero-order chi connectivity index (χ0) is 22.6. The molecule has 0 saturated carbocycles. The van der Waals surface area contributed by atoms with Gasteiger partial charge in [-0.05, 0) is 43.8 Å². The maximum Gasteiger partial charge on any atom is 0.161 e. The minimum atomic E-state index is -0.600. The molecule has 0 amide bonds. The molecular weight excluding hydrogens is 408 g/mol. The van der Waals surface area contributed by atoms with Gasteiger partial charge in [-0.3, -0.25) is 9.80 Å². The minimum Gasteiger partial charge on any atom is -0.492 e. The molecule has 2 aromatic rings. The molecule has 2 aromatic carbocycles. The number of likely N-dealkylation sites (N-methyl/N-ethyl adjacent to an activating group) is 1. The Kier molecular flexibility index (Phi) is 10.1. The summed E-state index contributed by atoms with van der Waals surface area (Å²) in [4.78, 5) is 4.44. The van der Waals surface area contributed by atoms with E-state index in [1.54, 1.807) is 0 Å². The van der Waals surface area contributed by atoms with Gasteiger partial charge in [-0.25, -0.2) is 0 Å². The second kappa shape index (κ2) is 13.3. The molecule has 1 fully saturated rings. The summed E-state index contributed by atoms with van der Waals surface area (Å²) in [5, 5.41) is 10.4. The first-order chi connectivity index (χ1) is 15.6. The molecule has 0 aliphatic carbocycles. The van der Waals surface area contributed by atoms with Crippen molar-refractivity contribution < 1.29 is 24.1 Å². The smallest absolute Gasteiger partial charge is 0.161 e. The molecule has 0 radical (unpaired) electrons. The van der Waals surface area contributed by atoms with E-state index in [1.807, 2.05) is 50.4 Å². The quantitative estimate of drug-likeness (QED) is 0.510. The van der Waals surface area contributed by atoms with Crippen molar-refractivity contribution in [3.05, 3.63) is 54.1 Å². The first-order valence-corrected chi connectivity index (χ1v) is 11.4. The molecular formula is C25H36N2O5. The number of morpholine rings is 1. The van der Waals surface area contributed by atoms with Crippen LogP contribution in [0.2, 0.25) is 0 Å². The van der Waals surface area contributed by atoms with Crippen molar-refractivity contribution in [2.75, 3.05) is 66.3 Å². The number of benzene rings is 2. The van der Waals surface area contributed by atoms with Gasteiger partial charge in [0.1, 0.15) is 25.1 Å². The van der Waals surface area contributed by atoms with E-state index in [0.29, 0.717) is 31.3 Å². The first kappa shape index (κ1) is 24.3. The maximum absolute atomic E-state index is 10.4. The number of rotatable bonds is 13. The van der Waals surface area contributed by atoms with E-state index in [4.69, 9.17) is 18.9 Å². The van der Waals surface area contributed by atoms with Crippen molar-refractivity contribution in [3.63, 3.8) is 0 Å². The van der Waals surface area contributed by atoms with Crippen LogP contribution in [-0.2, 0) is 11.3 Å². The lowest BCUT2D eigenvalue weighted by atomic mass is 10.2. The molecule has 32 heavy (non-hydrogen) atoms. The normalized spacial score (nSPS) is 15.5. The summed E-state index contributed by atoms with van der Waals surface area (Å²) in [7, 11) is 1.99. The summed E-state index contributed by atoms with van der Waals surface area (Å²) in [6.07, 6.45) is -0.600. The highest BCUT2D eigenvalue weighted by Crippen LogP contribution is 2.26. The SMILES string of the molecule is CCOc1ccccc1OCC(O)CN(C)Cc1ccc(OCCN2CCOCC2)cc1. The molecule has 0 aromatic heterocycles. The van der Waals surface area contributed by atoms with Gasteiger partial charge in [-0.15, -0.1) is 0 Å². The van der Waals surface area contributed by atoms with E-state index in [1.165, 1.54) is 5.56 Å². The second-order valence-corrected chi connectivity index (χ2v) is 7.99. The van der Waals surface area contributed by atoms with Gasteiger partial charge < -0.3 is 24.1 Å². The van der Waals surface area contributed by atoms with Gasteiger partial charge in [0.05, 0.1) is 19.8 Å². The maximum atomic E-state index is 10.4. The summed E-state index contributed by atoms with van der Waals surface area (Å²) in [5.74, 6) is 2.23. The fraction of sp³-hybridized carbons (Fsp3) is 0.520. The molecule has 1 unspecified atom stereocenters. The van der Waals surface area contributed by atoms with Gasteiger partial charge in [0.25, 0.3) is 0 Å². The van der Waals surface area contributed by atoms with E-state index in [9.17, 15) is 5.11 Å². The molecule has 7 heteroatoms. The Morgan fingerprint density at radius 1 is 1.00 bits per heavy atom. The number of aliphatic hydroxyl groups is 1. The van der Waals surface area contributed by atoms with Gasteiger partial charge in [-0.1, -0.05) is 24.3 Å². The molecule has 3 rings (SSSR count). The number of hydrogen-bond acceptors (Lipinski definition) is 7. The van der Waals surface area contributed by atoms with Crippen LogP contribution in [0, 0.1) is 0 Å².